The van der Waals surface area contributed by atoms with E-state index in [4.69, 9.17) is 4.42 Å². The first-order chi connectivity index (χ1) is 9.27. The third kappa shape index (κ3) is 2.29. The average Bonchev–Trinajstić information content (AvgIpc) is 2.74. The number of aryl methyl sites for hydroxylation is 1. The fourth-order valence-electron chi connectivity index (χ4n) is 1.93. The van der Waals surface area contributed by atoms with Gasteiger partial charge in [0.05, 0.1) is 12.1 Å². The van der Waals surface area contributed by atoms with Gasteiger partial charge in [0.25, 0.3) is 5.91 Å². The predicted octanol–water partition coefficient (Wildman–Crippen LogP) is 2.72. The monoisotopic (exact) mass is 279 g/mol. The molecular formula is C15H18FNO3. The molecule has 0 radical (unpaired) electrons. The number of carbonyl (C=O) groups excluding carboxylic acids is 1. The summed E-state index contributed by atoms with van der Waals surface area (Å²) in [5, 5.41) is 9.92. The zero-order chi connectivity index (χ0) is 15.1. The van der Waals surface area contributed by atoms with Crippen LogP contribution in [-0.2, 0) is 0 Å². The molecule has 0 aliphatic rings. The largest absolute Gasteiger partial charge is 0.451 e. The predicted molar refractivity (Wildman–Crippen MR) is 74.2 cm³/mol. The normalized spacial score (nSPS) is 11.9. The molecule has 0 saturated carbocycles. The number of fused-ring (bicyclic) bond motifs is 1. The van der Waals surface area contributed by atoms with E-state index < -0.39 is 5.54 Å². The molecule has 1 aromatic carbocycles. The molecule has 0 aliphatic carbocycles. The van der Waals surface area contributed by atoms with Crippen molar-refractivity contribution in [2.75, 3.05) is 13.7 Å². The maximum atomic E-state index is 13.3. The first-order valence-electron chi connectivity index (χ1n) is 6.35. The summed E-state index contributed by atoms with van der Waals surface area (Å²) in [6.45, 7) is 5.06. The zero-order valence-electron chi connectivity index (χ0n) is 12.0. The van der Waals surface area contributed by atoms with E-state index in [9.17, 15) is 14.3 Å². The van der Waals surface area contributed by atoms with E-state index in [2.05, 4.69) is 0 Å². The van der Waals surface area contributed by atoms with Crippen molar-refractivity contribution in [2.45, 2.75) is 26.3 Å². The van der Waals surface area contributed by atoms with Crippen molar-refractivity contribution >= 4 is 16.9 Å². The third-order valence-corrected chi connectivity index (χ3v) is 3.69. The Balaban J connectivity index is 2.48. The summed E-state index contributed by atoms with van der Waals surface area (Å²) in [4.78, 5) is 13.9. The Hall–Kier alpha value is -1.88. The maximum absolute atomic E-state index is 13.3. The van der Waals surface area contributed by atoms with Gasteiger partial charge in [-0.15, -0.1) is 0 Å². The highest BCUT2D eigenvalue weighted by molar-refractivity contribution is 5.99. The number of aliphatic hydroxyl groups is 1. The van der Waals surface area contributed by atoms with Crippen LogP contribution < -0.4 is 0 Å². The highest BCUT2D eigenvalue weighted by Crippen LogP contribution is 2.28. The average molecular weight is 279 g/mol. The molecule has 0 unspecified atom stereocenters. The number of halogens is 1. The lowest BCUT2D eigenvalue weighted by atomic mass is 10.0. The summed E-state index contributed by atoms with van der Waals surface area (Å²) in [5.74, 6) is -0.530. The summed E-state index contributed by atoms with van der Waals surface area (Å²) < 4.78 is 18.8. The third-order valence-electron chi connectivity index (χ3n) is 3.69. The molecule has 0 spiro atoms. The minimum Gasteiger partial charge on any atom is -0.451 e. The smallest absolute Gasteiger partial charge is 0.290 e. The molecule has 1 amide bonds. The Labute approximate surface area is 116 Å². The van der Waals surface area contributed by atoms with Crippen molar-refractivity contribution in [3.05, 3.63) is 35.3 Å². The van der Waals surface area contributed by atoms with E-state index in [1.165, 1.54) is 23.1 Å². The first-order valence-corrected chi connectivity index (χ1v) is 6.35. The SMILES string of the molecule is Cc1c(C(=O)N(C)C(C)(C)CO)oc2ccc(F)cc12. The van der Waals surface area contributed by atoms with Gasteiger partial charge in [-0.05, 0) is 39.0 Å². The van der Waals surface area contributed by atoms with Gasteiger partial charge in [0.15, 0.2) is 5.76 Å². The zero-order valence-corrected chi connectivity index (χ0v) is 12.0. The van der Waals surface area contributed by atoms with Crippen LogP contribution in [0, 0.1) is 12.7 Å². The van der Waals surface area contributed by atoms with Crippen LogP contribution in [0.3, 0.4) is 0 Å². The van der Waals surface area contributed by atoms with Crippen molar-refractivity contribution in [1.82, 2.24) is 4.90 Å². The summed E-state index contributed by atoms with van der Waals surface area (Å²) >= 11 is 0. The number of likely N-dealkylation sites (N-methyl/N-ethyl adjacent to an activating group) is 1. The molecule has 4 nitrogen and oxygen atoms in total. The fraction of sp³-hybridized carbons (Fsp3) is 0.400. The highest BCUT2D eigenvalue weighted by Gasteiger charge is 2.30. The van der Waals surface area contributed by atoms with Gasteiger partial charge >= 0.3 is 0 Å². The van der Waals surface area contributed by atoms with Crippen LogP contribution >= 0.6 is 0 Å². The van der Waals surface area contributed by atoms with Gasteiger partial charge in [0, 0.05) is 18.0 Å². The van der Waals surface area contributed by atoms with E-state index in [0.29, 0.717) is 16.5 Å². The summed E-state index contributed by atoms with van der Waals surface area (Å²) in [6.07, 6.45) is 0. The van der Waals surface area contributed by atoms with Crippen LogP contribution in [-0.4, -0.2) is 35.1 Å². The summed E-state index contributed by atoms with van der Waals surface area (Å²) in [5.41, 5.74) is 0.376. The van der Waals surface area contributed by atoms with Gasteiger partial charge in [-0.2, -0.15) is 0 Å². The Morgan fingerprint density at radius 1 is 1.45 bits per heavy atom. The van der Waals surface area contributed by atoms with Gasteiger partial charge in [0.2, 0.25) is 0 Å². The van der Waals surface area contributed by atoms with Crippen molar-refractivity contribution < 1.29 is 18.7 Å². The van der Waals surface area contributed by atoms with E-state index >= 15 is 0 Å². The second-order valence-electron chi connectivity index (χ2n) is 5.53. The molecular weight excluding hydrogens is 261 g/mol. The van der Waals surface area contributed by atoms with Crippen molar-refractivity contribution in [1.29, 1.82) is 0 Å². The first kappa shape index (κ1) is 14.5. The number of aliphatic hydroxyl groups excluding tert-OH is 1. The Kier molecular flexibility index (Phi) is 3.56. The van der Waals surface area contributed by atoms with E-state index in [1.807, 2.05) is 0 Å². The molecule has 1 heterocycles. The van der Waals surface area contributed by atoms with Gasteiger partial charge in [-0.1, -0.05) is 0 Å². The number of nitrogens with zero attached hydrogens (tertiary/aromatic N) is 1. The molecule has 1 aromatic heterocycles. The molecule has 2 aromatic rings. The van der Waals surface area contributed by atoms with E-state index in [0.717, 1.165) is 0 Å². The molecule has 0 saturated heterocycles. The lowest BCUT2D eigenvalue weighted by molar-refractivity contribution is 0.0445. The minimum absolute atomic E-state index is 0.164. The van der Waals surface area contributed by atoms with Crippen LogP contribution in [0.4, 0.5) is 4.39 Å². The van der Waals surface area contributed by atoms with Gasteiger partial charge in [-0.25, -0.2) is 4.39 Å². The number of furan rings is 1. The lowest BCUT2D eigenvalue weighted by Crippen LogP contribution is -2.47. The summed E-state index contributed by atoms with van der Waals surface area (Å²) in [7, 11) is 1.60. The minimum atomic E-state index is -0.701. The van der Waals surface area contributed by atoms with Gasteiger partial charge in [-0.3, -0.25) is 4.79 Å². The molecule has 0 bridgehead atoms. The molecule has 0 aliphatic heterocycles. The van der Waals surface area contributed by atoms with Crippen LogP contribution in [0.2, 0.25) is 0 Å². The fourth-order valence-corrected chi connectivity index (χ4v) is 1.93. The number of hydrogen-bond acceptors (Lipinski definition) is 3. The molecule has 5 heteroatoms. The highest BCUT2D eigenvalue weighted by atomic mass is 19.1. The molecule has 1 N–H and O–H groups in total. The van der Waals surface area contributed by atoms with E-state index in [-0.39, 0.29) is 24.1 Å². The lowest BCUT2D eigenvalue weighted by Gasteiger charge is -2.33. The number of amides is 1. The van der Waals surface area contributed by atoms with E-state index in [1.54, 1.807) is 27.8 Å². The van der Waals surface area contributed by atoms with Crippen molar-refractivity contribution in [2.24, 2.45) is 0 Å². The number of carbonyl (C=O) groups is 1. The second kappa shape index (κ2) is 4.90. The quantitative estimate of drug-likeness (QED) is 0.940. The Morgan fingerprint density at radius 2 is 2.10 bits per heavy atom. The molecule has 2 rings (SSSR count). The standard InChI is InChI=1S/C15H18FNO3/c1-9-11-7-10(16)5-6-12(11)20-13(9)14(19)17(4)15(2,3)8-18/h5-7,18H,8H2,1-4H3. The second-order valence-corrected chi connectivity index (χ2v) is 5.53. The summed E-state index contributed by atoms with van der Waals surface area (Å²) in [6, 6.07) is 4.15. The van der Waals surface area contributed by atoms with Crippen LogP contribution in [0.15, 0.2) is 22.6 Å². The topological polar surface area (TPSA) is 53.7 Å². The molecule has 20 heavy (non-hydrogen) atoms. The van der Waals surface area contributed by atoms with Gasteiger partial charge in [0.1, 0.15) is 11.4 Å². The Bertz CT molecular complexity index is 660. The van der Waals surface area contributed by atoms with Crippen LogP contribution in [0.25, 0.3) is 11.0 Å². The Morgan fingerprint density at radius 3 is 2.70 bits per heavy atom. The molecule has 0 atom stereocenters. The molecule has 108 valence electrons. The van der Waals surface area contributed by atoms with Gasteiger partial charge < -0.3 is 14.4 Å². The van der Waals surface area contributed by atoms with Crippen LogP contribution in [0.1, 0.15) is 30.0 Å². The number of hydrogen-bond donors (Lipinski definition) is 1. The van der Waals surface area contributed by atoms with Crippen LogP contribution in [0.5, 0.6) is 0 Å². The molecule has 0 fully saturated rings. The number of benzene rings is 1. The number of rotatable bonds is 3. The maximum Gasteiger partial charge on any atom is 0.290 e. The van der Waals surface area contributed by atoms with Crippen molar-refractivity contribution in [3.63, 3.8) is 0 Å². The van der Waals surface area contributed by atoms with Crippen molar-refractivity contribution in [3.8, 4) is 0 Å².